The molecule has 0 N–H and O–H groups in total. The van der Waals surface area contributed by atoms with Crippen LogP contribution in [-0.2, 0) is 16.0 Å². The van der Waals surface area contributed by atoms with Gasteiger partial charge in [0.2, 0.25) is 5.78 Å². The Bertz CT molecular complexity index is 1160. The zero-order chi connectivity index (χ0) is 23.2. The Kier molecular flexibility index (Phi) is 7.27. The van der Waals surface area contributed by atoms with E-state index >= 15 is 0 Å². The fourth-order valence-corrected chi connectivity index (χ4v) is 4.00. The van der Waals surface area contributed by atoms with Crippen molar-refractivity contribution in [1.29, 1.82) is 0 Å². The number of hydrogen-bond donors (Lipinski definition) is 0. The van der Waals surface area contributed by atoms with E-state index in [0.717, 1.165) is 32.0 Å². The van der Waals surface area contributed by atoms with Crippen LogP contribution in [0.25, 0.3) is 6.08 Å². The molecule has 1 aromatic heterocycles. The van der Waals surface area contributed by atoms with Crippen molar-refractivity contribution >= 4 is 35.1 Å². The highest BCUT2D eigenvalue weighted by molar-refractivity contribution is 6.31. The summed E-state index contributed by atoms with van der Waals surface area (Å²) in [5.41, 5.74) is 3.43. The number of carbonyl (C=O) groups is 2. The topological polar surface area (TPSA) is 60.8 Å². The molecule has 6 nitrogen and oxygen atoms in total. The van der Waals surface area contributed by atoms with E-state index in [9.17, 15) is 9.59 Å². The molecule has 2 heterocycles. The maximum atomic E-state index is 13.1. The van der Waals surface area contributed by atoms with Crippen molar-refractivity contribution in [2.24, 2.45) is 0 Å². The van der Waals surface area contributed by atoms with Gasteiger partial charge in [0.1, 0.15) is 0 Å². The van der Waals surface area contributed by atoms with Gasteiger partial charge in [-0.3, -0.25) is 4.79 Å². The number of esters is 1. The SMILES string of the molecule is COC(=O)c1cc(Cl)ccc1/C=C/Cn1cccc1C(=O)c1ccc(N2CCOCC2)cc1. The van der Waals surface area contributed by atoms with Crippen molar-refractivity contribution in [3.05, 3.63) is 94.3 Å². The summed E-state index contributed by atoms with van der Waals surface area (Å²) >= 11 is 6.02. The molecule has 0 spiro atoms. The molecule has 4 rings (SSSR count). The lowest BCUT2D eigenvalue weighted by atomic mass is 10.1. The smallest absolute Gasteiger partial charge is 0.338 e. The summed E-state index contributed by atoms with van der Waals surface area (Å²) in [5, 5.41) is 0.463. The van der Waals surface area contributed by atoms with Gasteiger partial charge in [0.15, 0.2) is 0 Å². The fraction of sp³-hybridized carbons (Fsp3) is 0.231. The van der Waals surface area contributed by atoms with Gasteiger partial charge in [0, 0.05) is 42.1 Å². The van der Waals surface area contributed by atoms with Crippen LogP contribution in [0, 0.1) is 0 Å². The summed E-state index contributed by atoms with van der Waals surface area (Å²) in [5.74, 6) is -0.488. The number of methoxy groups -OCH3 is 1. The molecule has 0 bridgehead atoms. The first-order valence-corrected chi connectivity index (χ1v) is 11.1. The summed E-state index contributed by atoms with van der Waals surface area (Å²) in [7, 11) is 1.34. The molecule has 1 saturated heterocycles. The van der Waals surface area contributed by atoms with Crippen LogP contribution in [0.5, 0.6) is 0 Å². The number of ether oxygens (including phenoxy) is 2. The number of morpholine rings is 1. The molecule has 1 aliphatic rings. The number of anilines is 1. The number of ketones is 1. The van der Waals surface area contributed by atoms with Crippen molar-refractivity contribution in [2.75, 3.05) is 38.3 Å². The Morgan fingerprint density at radius 1 is 1.09 bits per heavy atom. The second-order valence-electron chi connectivity index (χ2n) is 7.65. The maximum Gasteiger partial charge on any atom is 0.338 e. The molecule has 2 aromatic carbocycles. The largest absolute Gasteiger partial charge is 0.465 e. The number of rotatable bonds is 7. The summed E-state index contributed by atoms with van der Waals surface area (Å²) in [4.78, 5) is 27.4. The average Bonchev–Trinajstić information content (AvgIpc) is 3.33. The van der Waals surface area contributed by atoms with Crippen LogP contribution in [0.15, 0.2) is 66.9 Å². The van der Waals surface area contributed by atoms with E-state index in [1.54, 1.807) is 18.2 Å². The highest BCUT2D eigenvalue weighted by Gasteiger charge is 2.15. The van der Waals surface area contributed by atoms with Gasteiger partial charge < -0.3 is 18.9 Å². The lowest BCUT2D eigenvalue weighted by Crippen LogP contribution is -2.36. The lowest BCUT2D eigenvalue weighted by Gasteiger charge is -2.28. The average molecular weight is 465 g/mol. The molecule has 0 saturated carbocycles. The molecule has 0 radical (unpaired) electrons. The minimum atomic E-state index is -0.450. The highest BCUT2D eigenvalue weighted by Crippen LogP contribution is 2.20. The molecule has 33 heavy (non-hydrogen) atoms. The van der Waals surface area contributed by atoms with Crippen LogP contribution < -0.4 is 4.90 Å². The Morgan fingerprint density at radius 3 is 2.58 bits per heavy atom. The molecule has 1 aliphatic heterocycles. The molecule has 0 amide bonds. The van der Waals surface area contributed by atoms with Gasteiger partial charge in [0.05, 0.1) is 31.6 Å². The highest BCUT2D eigenvalue weighted by atomic mass is 35.5. The first-order valence-electron chi connectivity index (χ1n) is 10.7. The molecular weight excluding hydrogens is 440 g/mol. The minimum Gasteiger partial charge on any atom is -0.465 e. The summed E-state index contributed by atoms with van der Waals surface area (Å²) < 4.78 is 12.1. The second-order valence-corrected chi connectivity index (χ2v) is 8.08. The van der Waals surface area contributed by atoms with Gasteiger partial charge in [0.25, 0.3) is 0 Å². The Morgan fingerprint density at radius 2 is 1.85 bits per heavy atom. The van der Waals surface area contributed by atoms with E-state index in [0.29, 0.717) is 34.0 Å². The van der Waals surface area contributed by atoms with E-state index < -0.39 is 5.97 Å². The minimum absolute atomic E-state index is 0.0383. The van der Waals surface area contributed by atoms with E-state index in [1.165, 1.54) is 7.11 Å². The van der Waals surface area contributed by atoms with E-state index in [4.69, 9.17) is 21.1 Å². The van der Waals surface area contributed by atoms with Gasteiger partial charge in [-0.2, -0.15) is 0 Å². The predicted molar refractivity (Wildman–Crippen MR) is 129 cm³/mol. The molecule has 0 atom stereocenters. The monoisotopic (exact) mass is 464 g/mol. The predicted octanol–water partition coefficient (Wildman–Crippen LogP) is 4.71. The molecular formula is C26H25ClN2O4. The van der Waals surface area contributed by atoms with Crippen LogP contribution in [0.4, 0.5) is 5.69 Å². The molecule has 3 aromatic rings. The first-order chi connectivity index (χ1) is 16.1. The van der Waals surface area contributed by atoms with Gasteiger partial charge >= 0.3 is 5.97 Å². The number of aromatic nitrogens is 1. The van der Waals surface area contributed by atoms with Crippen LogP contribution in [0.2, 0.25) is 5.02 Å². The van der Waals surface area contributed by atoms with Crippen LogP contribution in [0.3, 0.4) is 0 Å². The lowest BCUT2D eigenvalue weighted by molar-refractivity contribution is 0.0600. The number of carbonyl (C=O) groups excluding carboxylic acids is 2. The second kappa shape index (κ2) is 10.5. The van der Waals surface area contributed by atoms with Crippen molar-refractivity contribution in [2.45, 2.75) is 6.54 Å². The Hall–Kier alpha value is -3.35. The Labute approximate surface area is 198 Å². The Balaban J connectivity index is 1.47. The third-order valence-electron chi connectivity index (χ3n) is 5.59. The third kappa shape index (κ3) is 5.35. The standard InChI is InChI=1S/C26H25ClN2O4/c1-32-26(31)23-18-21(27)9-6-19(23)4-2-12-29-13-3-5-24(29)25(30)20-7-10-22(11-8-20)28-14-16-33-17-15-28/h2-11,13,18H,12,14-17H2,1H3/b4-2+. The van der Waals surface area contributed by atoms with Crippen molar-refractivity contribution in [3.8, 4) is 0 Å². The van der Waals surface area contributed by atoms with E-state index in [2.05, 4.69) is 4.90 Å². The van der Waals surface area contributed by atoms with Gasteiger partial charge in [-0.15, -0.1) is 0 Å². The van der Waals surface area contributed by atoms with Crippen molar-refractivity contribution < 1.29 is 19.1 Å². The number of hydrogen-bond acceptors (Lipinski definition) is 5. The number of halogens is 1. The van der Waals surface area contributed by atoms with Crippen LogP contribution in [-0.4, -0.2) is 49.7 Å². The first kappa shape index (κ1) is 22.8. The fourth-order valence-electron chi connectivity index (χ4n) is 3.83. The van der Waals surface area contributed by atoms with Crippen LogP contribution >= 0.6 is 11.6 Å². The van der Waals surface area contributed by atoms with E-state index in [-0.39, 0.29) is 5.78 Å². The van der Waals surface area contributed by atoms with E-state index in [1.807, 2.05) is 59.3 Å². The summed E-state index contributed by atoms with van der Waals surface area (Å²) in [6.07, 6.45) is 5.59. The molecule has 7 heteroatoms. The number of benzene rings is 2. The van der Waals surface area contributed by atoms with Crippen molar-refractivity contribution in [3.63, 3.8) is 0 Å². The third-order valence-corrected chi connectivity index (χ3v) is 5.82. The van der Waals surface area contributed by atoms with Crippen molar-refractivity contribution in [1.82, 2.24) is 4.57 Å². The number of allylic oxidation sites excluding steroid dienone is 1. The zero-order valence-electron chi connectivity index (χ0n) is 18.4. The molecule has 0 unspecified atom stereocenters. The summed E-state index contributed by atoms with van der Waals surface area (Å²) in [6, 6.07) is 16.5. The van der Waals surface area contributed by atoms with Gasteiger partial charge in [-0.05, 0) is 54.1 Å². The molecule has 170 valence electrons. The zero-order valence-corrected chi connectivity index (χ0v) is 19.1. The molecule has 1 fully saturated rings. The quantitative estimate of drug-likeness (QED) is 0.374. The van der Waals surface area contributed by atoms with Gasteiger partial charge in [-0.1, -0.05) is 29.8 Å². The maximum absolute atomic E-state index is 13.1. The summed E-state index contributed by atoms with van der Waals surface area (Å²) in [6.45, 7) is 3.63. The van der Waals surface area contributed by atoms with Gasteiger partial charge in [-0.25, -0.2) is 4.79 Å². The van der Waals surface area contributed by atoms with Crippen LogP contribution in [0.1, 0.15) is 32.0 Å². The normalized spacial score (nSPS) is 13.9. The number of nitrogens with zero attached hydrogens (tertiary/aromatic N) is 2. The molecule has 0 aliphatic carbocycles.